The Morgan fingerprint density at radius 1 is 0.593 bits per heavy atom. The van der Waals surface area contributed by atoms with Crippen LogP contribution in [0, 0.1) is 0 Å². The molecule has 0 aromatic carbocycles. The highest BCUT2D eigenvalue weighted by Crippen LogP contribution is 2.13. The van der Waals surface area contributed by atoms with Crippen LogP contribution in [0.5, 0.6) is 0 Å². The first-order chi connectivity index (χ1) is 13.3. The molecular weight excluding hydrogens is 332 g/mol. The number of hydrogen-bond donors (Lipinski definition) is 1. The van der Waals surface area contributed by atoms with Crippen molar-refractivity contribution in [1.29, 1.82) is 0 Å². The molecule has 0 radical (unpaired) electrons. The van der Waals surface area contributed by atoms with Crippen LogP contribution in [0.15, 0.2) is 0 Å². The lowest BCUT2D eigenvalue weighted by Crippen LogP contribution is -2.48. The van der Waals surface area contributed by atoms with Gasteiger partial charge in [0.05, 0.1) is 6.10 Å². The average molecular weight is 383 g/mol. The minimum Gasteiger partial charge on any atom is -0.392 e. The van der Waals surface area contributed by atoms with Gasteiger partial charge >= 0.3 is 0 Å². The van der Waals surface area contributed by atoms with Crippen molar-refractivity contribution in [2.45, 2.75) is 116 Å². The molecule has 162 valence electrons. The largest absolute Gasteiger partial charge is 0.392 e. The predicted octanol–water partition coefficient (Wildman–Crippen LogP) is 5.86. The van der Waals surface area contributed by atoms with Crippen molar-refractivity contribution in [3.05, 3.63) is 0 Å². The Hall–Kier alpha value is -0.120. The summed E-state index contributed by atoms with van der Waals surface area (Å²) in [6, 6.07) is 0. The van der Waals surface area contributed by atoms with Crippen LogP contribution < -0.4 is 0 Å². The summed E-state index contributed by atoms with van der Waals surface area (Å²) in [7, 11) is 0. The van der Waals surface area contributed by atoms with Crippen molar-refractivity contribution in [2.24, 2.45) is 0 Å². The van der Waals surface area contributed by atoms with Gasteiger partial charge in [0.25, 0.3) is 0 Å². The molecule has 1 saturated heterocycles. The molecule has 0 aromatic rings. The number of hydrogen-bond acceptors (Lipinski definition) is 3. The molecule has 1 rings (SSSR count). The SMILES string of the molecule is CCCCCCCCCCCCCCC(O)CN1CCN(CCCC)CC1. The first kappa shape index (κ1) is 24.9. The number of piperazine rings is 1. The summed E-state index contributed by atoms with van der Waals surface area (Å²) < 4.78 is 0. The van der Waals surface area contributed by atoms with E-state index in [0.29, 0.717) is 0 Å². The second-order valence-electron chi connectivity index (χ2n) is 8.83. The van der Waals surface area contributed by atoms with Crippen molar-refractivity contribution < 1.29 is 5.11 Å². The van der Waals surface area contributed by atoms with E-state index in [1.54, 1.807) is 0 Å². The van der Waals surface area contributed by atoms with Crippen molar-refractivity contribution in [3.63, 3.8) is 0 Å². The third-order valence-corrected chi connectivity index (χ3v) is 6.15. The topological polar surface area (TPSA) is 26.7 Å². The summed E-state index contributed by atoms with van der Waals surface area (Å²) in [4.78, 5) is 5.05. The van der Waals surface area contributed by atoms with Gasteiger partial charge in [-0.05, 0) is 19.4 Å². The third kappa shape index (κ3) is 14.5. The summed E-state index contributed by atoms with van der Waals surface area (Å²) in [6.07, 6.45) is 20.1. The summed E-state index contributed by atoms with van der Waals surface area (Å²) in [5.41, 5.74) is 0. The molecule has 27 heavy (non-hydrogen) atoms. The summed E-state index contributed by atoms with van der Waals surface area (Å²) in [5, 5.41) is 10.3. The first-order valence-corrected chi connectivity index (χ1v) is 12.4. The van der Waals surface area contributed by atoms with E-state index in [2.05, 4.69) is 23.6 Å². The quantitative estimate of drug-likeness (QED) is 0.301. The highest BCUT2D eigenvalue weighted by atomic mass is 16.3. The van der Waals surface area contributed by atoms with Gasteiger partial charge in [-0.1, -0.05) is 97.3 Å². The van der Waals surface area contributed by atoms with Crippen LogP contribution in [0.1, 0.15) is 110 Å². The minimum absolute atomic E-state index is 0.115. The smallest absolute Gasteiger partial charge is 0.0667 e. The van der Waals surface area contributed by atoms with Crippen molar-refractivity contribution in [1.82, 2.24) is 9.80 Å². The van der Waals surface area contributed by atoms with E-state index in [4.69, 9.17) is 0 Å². The van der Waals surface area contributed by atoms with Crippen molar-refractivity contribution in [3.8, 4) is 0 Å². The fraction of sp³-hybridized carbons (Fsp3) is 1.00. The van der Waals surface area contributed by atoms with E-state index in [0.717, 1.165) is 26.1 Å². The van der Waals surface area contributed by atoms with E-state index < -0.39 is 0 Å². The second kappa shape index (κ2) is 17.9. The van der Waals surface area contributed by atoms with Gasteiger partial charge in [-0.15, -0.1) is 0 Å². The summed E-state index contributed by atoms with van der Waals surface area (Å²) >= 11 is 0. The Bertz CT molecular complexity index is 303. The summed E-state index contributed by atoms with van der Waals surface area (Å²) in [5.74, 6) is 0. The van der Waals surface area contributed by atoms with Gasteiger partial charge in [0.15, 0.2) is 0 Å². The molecule has 0 aliphatic carbocycles. The fourth-order valence-electron chi connectivity index (χ4n) is 4.19. The Balaban J connectivity index is 1.84. The number of nitrogens with zero attached hydrogens (tertiary/aromatic N) is 2. The lowest BCUT2D eigenvalue weighted by Gasteiger charge is -2.35. The molecule has 0 bridgehead atoms. The van der Waals surface area contributed by atoms with Crippen LogP contribution in [0.2, 0.25) is 0 Å². The second-order valence-corrected chi connectivity index (χ2v) is 8.83. The minimum atomic E-state index is -0.115. The van der Waals surface area contributed by atoms with Gasteiger partial charge in [-0.2, -0.15) is 0 Å². The highest BCUT2D eigenvalue weighted by molar-refractivity contribution is 4.74. The maximum absolute atomic E-state index is 10.3. The van der Waals surface area contributed by atoms with Gasteiger partial charge in [0, 0.05) is 32.7 Å². The van der Waals surface area contributed by atoms with Crippen molar-refractivity contribution >= 4 is 0 Å². The molecule has 0 amide bonds. The van der Waals surface area contributed by atoms with E-state index in [1.807, 2.05) is 0 Å². The van der Waals surface area contributed by atoms with E-state index in [1.165, 1.54) is 110 Å². The van der Waals surface area contributed by atoms with Crippen LogP contribution in [-0.4, -0.2) is 60.3 Å². The Labute approximate surface area is 170 Å². The van der Waals surface area contributed by atoms with Crippen LogP contribution in [0.25, 0.3) is 0 Å². The molecule has 1 N–H and O–H groups in total. The Kier molecular flexibility index (Phi) is 16.6. The molecule has 1 aliphatic heterocycles. The molecule has 1 aliphatic rings. The zero-order valence-corrected chi connectivity index (χ0v) is 18.8. The van der Waals surface area contributed by atoms with Crippen LogP contribution in [0.4, 0.5) is 0 Å². The van der Waals surface area contributed by atoms with Crippen LogP contribution in [0.3, 0.4) is 0 Å². The Morgan fingerprint density at radius 3 is 1.56 bits per heavy atom. The fourth-order valence-corrected chi connectivity index (χ4v) is 4.19. The standard InChI is InChI=1S/C24H50N2O/c1-3-5-7-8-9-10-11-12-13-14-15-16-17-24(27)23-26-21-19-25(20-22-26)18-6-4-2/h24,27H,3-23H2,1-2H3. The van der Waals surface area contributed by atoms with Gasteiger partial charge in [0.2, 0.25) is 0 Å². The molecule has 0 saturated carbocycles. The zero-order chi connectivity index (χ0) is 19.6. The number of rotatable bonds is 18. The molecule has 0 spiro atoms. The average Bonchev–Trinajstić information content (AvgIpc) is 2.68. The molecule has 1 unspecified atom stereocenters. The highest BCUT2D eigenvalue weighted by Gasteiger charge is 2.18. The Morgan fingerprint density at radius 2 is 1.04 bits per heavy atom. The monoisotopic (exact) mass is 382 g/mol. The molecule has 1 heterocycles. The van der Waals surface area contributed by atoms with Gasteiger partial charge < -0.3 is 10.0 Å². The van der Waals surface area contributed by atoms with E-state index in [-0.39, 0.29) is 6.10 Å². The maximum Gasteiger partial charge on any atom is 0.0667 e. The van der Waals surface area contributed by atoms with Gasteiger partial charge in [-0.25, -0.2) is 0 Å². The van der Waals surface area contributed by atoms with Gasteiger partial charge in [-0.3, -0.25) is 4.90 Å². The summed E-state index contributed by atoms with van der Waals surface area (Å²) in [6.45, 7) is 11.3. The molecule has 1 fully saturated rings. The molecule has 3 heteroatoms. The van der Waals surface area contributed by atoms with Crippen LogP contribution >= 0.6 is 0 Å². The van der Waals surface area contributed by atoms with E-state index in [9.17, 15) is 5.11 Å². The van der Waals surface area contributed by atoms with E-state index >= 15 is 0 Å². The number of aliphatic hydroxyl groups excluding tert-OH is 1. The molecule has 1 atom stereocenters. The zero-order valence-electron chi connectivity index (χ0n) is 18.8. The van der Waals surface area contributed by atoms with Gasteiger partial charge in [0.1, 0.15) is 0 Å². The maximum atomic E-state index is 10.3. The normalized spacial score (nSPS) is 17.4. The number of unbranched alkanes of at least 4 members (excludes halogenated alkanes) is 12. The third-order valence-electron chi connectivity index (χ3n) is 6.15. The first-order valence-electron chi connectivity index (χ1n) is 12.4. The molecule has 0 aromatic heterocycles. The predicted molar refractivity (Wildman–Crippen MR) is 119 cm³/mol. The molecule has 3 nitrogen and oxygen atoms in total. The lowest BCUT2D eigenvalue weighted by molar-refractivity contribution is 0.0670. The number of aliphatic hydroxyl groups is 1. The molecular formula is C24H50N2O. The number of β-amino-alcohol motifs (C(OH)–C–C–N with tert-alkyl or cyclic N) is 1. The lowest BCUT2D eigenvalue weighted by atomic mass is 10.0. The van der Waals surface area contributed by atoms with Crippen LogP contribution in [-0.2, 0) is 0 Å². The van der Waals surface area contributed by atoms with Crippen molar-refractivity contribution in [2.75, 3.05) is 39.3 Å².